The SMILES string of the molecule is Cn1cc([C@@H](N2CCNCC2)C(F)(F)F)c2ccccc21. The van der Waals surface area contributed by atoms with Gasteiger partial charge in [-0.15, -0.1) is 0 Å². The molecular weight excluding hydrogens is 279 g/mol. The molecule has 1 N–H and O–H groups in total. The van der Waals surface area contributed by atoms with Crippen molar-refractivity contribution in [2.24, 2.45) is 7.05 Å². The first-order valence-electron chi connectivity index (χ1n) is 7.04. The molecule has 1 aromatic carbocycles. The highest BCUT2D eigenvalue weighted by atomic mass is 19.4. The van der Waals surface area contributed by atoms with Crippen LogP contribution in [-0.4, -0.2) is 41.8 Å². The van der Waals surface area contributed by atoms with Gasteiger partial charge in [0.2, 0.25) is 0 Å². The van der Waals surface area contributed by atoms with Gasteiger partial charge in [0.05, 0.1) is 0 Å². The minimum absolute atomic E-state index is 0.350. The number of aryl methyl sites for hydroxylation is 1. The van der Waals surface area contributed by atoms with E-state index in [2.05, 4.69) is 5.32 Å². The summed E-state index contributed by atoms with van der Waals surface area (Å²) >= 11 is 0. The lowest BCUT2D eigenvalue weighted by molar-refractivity contribution is -0.187. The zero-order valence-electron chi connectivity index (χ0n) is 11.8. The van der Waals surface area contributed by atoms with E-state index in [4.69, 9.17) is 0 Å². The summed E-state index contributed by atoms with van der Waals surface area (Å²) in [5, 5.41) is 3.78. The van der Waals surface area contributed by atoms with Gasteiger partial charge in [-0.3, -0.25) is 4.90 Å². The summed E-state index contributed by atoms with van der Waals surface area (Å²) in [5.41, 5.74) is 1.18. The number of aromatic nitrogens is 1. The second-order valence-corrected chi connectivity index (χ2v) is 5.44. The Morgan fingerprint density at radius 1 is 1.14 bits per heavy atom. The minimum atomic E-state index is -4.28. The number of nitrogens with zero attached hydrogens (tertiary/aromatic N) is 2. The molecule has 0 saturated carbocycles. The topological polar surface area (TPSA) is 20.2 Å². The molecule has 0 bridgehead atoms. The average molecular weight is 297 g/mol. The predicted octanol–water partition coefficient (Wildman–Crippen LogP) is 2.69. The molecule has 1 fully saturated rings. The molecule has 0 unspecified atom stereocenters. The molecule has 1 aliphatic rings. The van der Waals surface area contributed by atoms with Gasteiger partial charge in [-0.25, -0.2) is 0 Å². The van der Waals surface area contributed by atoms with Crippen molar-refractivity contribution in [1.29, 1.82) is 0 Å². The first-order chi connectivity index (χ1) is 9.98. The number of alkyl halides is 3. The van der Waals surface area contributed by atoms with E-state index in [-0.39, 0.29) is 0 Å². The number of nitrogens with one attached hydrogen (secondary N) is 1. The van der Waals surface area contributed by atoms with Crippen LogP contribution in [0.2, 0.25) is 0 Å². The number of piperazine rings is 1. The van der Waals surface area contributed by atoms with Gasteiger partial charge in [0.25, 0.3) is 0 Å². The van der Waals surface area contributed by atoms with Crippen LogP contribution in [0.15, 0.2) is 30.5 Å². The summed E-state index contributed by atoms with van der Waals surface area (Å²) in [4.78, 5) is 1.53. The lowest BCUT2D eigenvalue weighted by Gasteiger charge is -2.35. The van der Waals surface area contributed by atoms with E-state index in [0.717, 1.165) is 5.52 Å². The van der Waals surface area contributed by atoms with E-state index in [9.17, 15) is 13.2 Å². The highest BCUT2D eigenvalue weighted by molar-refractivity contribution is 5.84. The van der Waals surface area contributed by atoms with Gasteiger partial charge in [0, 0.05) is 55.9 Å². The molecule has 21 heavy (non-hydrogen) atoms. The maximum Gasteiger partial charge on any atom is 0.408 e. The van der Waals surface area contributed by atoms with Gasteiger partial charge in [-0.1, -0.05) is 18.2 Å². The van der Waals surface area contributed by atoms with Crippen molar-refractivity contribution >= 4 is 10.9 Å². The van der Waals surface area contributed by atoms with Crippen molar-refractivity contribution in [1.82, 2.24) is 14.8 Å². The third-order valence-corrected chi connectivity index (χ3v) is 4.05. The van der Waals surface area contributed by atoms with Crippen molar-refractivity contribution in [2.75, 3.05) is 26.2 Å². The van der Waals surface area contributed by atoms with Crippen LogP contribution in [0.3, 0.4) is 0 Å². The molecule has 1 atom stereocenters. The Kier molecular flexibility index (Phi) is 3.67. The molecule has 0 spiro atoms. The number of benzene rings is 1. The Balaban J connectivity index is 2.10. The van der Waals surface area contributed by atoms with E-state index in [1.54, 1.807) is 29.9 Å². The monoisotopic (exact) mass is 297 g/mol. The Bertz CT molecular complexity index is 627. The highest BCUT2D eigenvalue weighted by Crippen LogP contribution is 2.41. The maximum absolute atomic E-state index is 13.7. The van der Waals surface area contributed by atoms with Crippen LogP contribution < -0.4 is 5.32 Å². The fourth-order valence-electron chi connectivity index (χ4n) is 3.11. The lowest BCUT2D eigenvalue weighted by Crippen LogP contribution is -2.49. The summed E-state index contributed by atoms with van der Waals surface area (Å²) in [7, 11) is 1.79. The summed E-state index contributed by atoms with van der Waals surface area (Å²) in [6, 6.07) is 5.72. The smallest absolute Gasteiger partial charge is 0.350 e. The Hall–Kier alpha value is -1.53. The fraction of sp³-hybridized carbons (Fsp3) is 0.467. The molecule has 0 radical (unpaired) electrons. The largest absolute Gasteiger partial charge is 0.408 e. The quantitative estimate of drug-likeness (QED) is 0.919. The maximum atomic E-state index is 13.7. The fourth-order valence-corrected chi connectivity index (χ4v) is 3.11. The molecule has 3 rings (SSSR count). The molecule has 6 heteroatoms. The number of fused-ring (bicyclic) bond motifs is 1. The van der Waals surface area contributed by atoms with Gasteiger partial charge in [-0.2, -0.15) is 13.2 Å². The molecular formula is C15H18F3N3. The second kappa shape index (κ2) is 5.35. The standard InChI is InChI=1S/C15H18F3N3/c1-20-10-12(11-4-2-3-5-13(11)20)14(15(16,17)18)21-8-6-19-7-9-21/h2-5,10,14,19H,6-9H2,1H3/t14-/m1/s1. The first kappa shape index (κ1) is 14.4. The third kappa shape index (κ3) is 2.65. The van der Waals surface area contributed by atoms with Crippen LogP contribution >= 0.6 is 0 Å². The molecule has 2 heterocycles. The van der Waals surface area contributed by atoms with Crippen molar-refractivity contribution < 1.29 is 13.2 Å². The van der Waals surface area contributed by atoms with E-state index >= 15 is 0 Å². The number of halogens is 3. The molecule has 1 aliphatic heterocycles. The molecule has 3 nitrogen and oxygen atoms in total. The van der Waals surface area contributed by atoms with Crippen molar-refractivity contribution in [2.45, 2.75) is 12.2 Å². The third-order valence-electron chi connectivity index (χ3n) is 4.05. The van der Waals surface area contributed by atoms with Crippen LogP contribution in [0.4, 0.5) is 13.2 Å². The van der Waals surface area contributed by atoms with E-state index in [1.807, 2.05) is 12.1 Å². The Labute approximate surface area is 121 Å². The molecule has 0 aliphatic carbocycles. The number of rotatable bonds is 2. The van der Waals surface area contributed by atoms with Crippen LogP contribution in [0.1, 0.15) is 11.6 Å². The van der Waals surface area contributed by atoms with E-state index in [0.29, 0.717) is 37.1 Å². The zero-order chi connectivity index (χ0) is 15.0. The van der Waals surface area contributed by atoms with Crippen molar-refractivity contribution in [3.63, 3.8) is 0 Å². The van der Waals surface area contributed by atoms with Crippen molar-refractivity contribution in [3.8, 4) is 0 Å². The van der Waals surface area contributed by atoms with Gasteiger partial charge in [0.1, 0.15) is 6.04 Å². The second-order valence-electron chi connectivity index (χ2n) is 5.44. The van der Waals surface area contributed by atoms with Gasteiger partial charge in [-0.05, 0) is 6.07 Å². The number of hydrogen-bond donors (Lipinski definition) is 1. The summed E-state index contributed by atoms with van der Waals surface area (Å²) in [6.07, 6.45) is -2.66. The lowest BCUT2D eigenvalue weighted by atomic mass is 10.0. The van der Waals surface area contributed by atoms with Crippen LogP contribution in [0, 0.1) is 0 Å². The number of hydrogen-bond acceptors (Lipinski definition) is 2. The molecule has 2 aromatic rings. The van der Waals surface area contributed by atoms with Crippen LogP contribution in [0.5, 0.6) is 0 Å². The van der Waals surface area contributed by atoms with E-state index < -0.39 is 12.2 Å². The van der Waals surface area contributed by atoms with Crippen LogP contribution in [-0.2, 0) is 7.05 Å². The number of para-hydroxylation sites is 1. The van der Waals surface area contributed by atoms with Gasteiger partial charge in [0.15, 0.2) is 0 Å². The van der Waals surface area contributed by atoms with E-state index in [1.165, 1.54) is 4.90 Å². The minimum Gasteiger partial charge on any atom is -0.350 e. The molecule has 1 saturated heterocycles. The predicted molar refractivity (Wildman–Crippen MR) is 76.2 cm³/mol. The Morgan fingerprint density at radius 3 is 2.48 bits per heavy atom. The normalized spacial score (nSPS) is 19.0. The summed E-state index contributed by atoms with van der Waals surface area (Å²) < 4.78 is 42.7. The first-order valence-corrected chi connectivity index (χ1v) is 7.04. The van der Waals surface area contributed by atoms with Crippen molar-refractivity contribution in [3.05, 3.63) is 36.0 Å². The van der Waals surface area contributed by atoms with Crippen LogP contribution in [0.25, 0.3) is 10.9 Å². The molecule has 0 amide bonds. The summed E-state index contributed by atoms with van der Waals surface area (Å²) in [6.45, 7) is 2.01. The molecule has 1 aromatic heterocycles. The molecule has 114 valence electrons. The van der Waals surface area contributed by atoms with Gasteiger partial charge >= 0.3 is 6.18 Å². The average Bonchev–Trinajstić information content (AvgIpc) is 2.77. The Morgan fingerprint density at radius 2 is 1.81 bits per heavy atom. The summed E-state index contributed by atoms with van der Waals surface area (Å²) in [5.74, 6) is 0. The highest BCUT2D eigenvalue weighted by Gasteiger charge is 2.46. The zero-order valence-corrected chi connectivity index (χ0v) is 11.8. The van der Waals surface area contributed by atoms with Gasteiger partial charge < -0.3 is 9.88 Å².